The predicted molar refractivity (Wildman–Crippen MR) is 220 cm³/mol. The summed E-state index contributed by atoms with van der Waals surface area (Å²) in [5.74, 6) is 0. The maximum absolute atomic E-state index is 6.19. The lowest BCUT2D eigenvalue weighted by atomic mass is 9.80. The Morgan fingerprint density at radius 1 is 0.538 bits per heavy atom. The lowest BCUT2D eigenvalue weighted by molar-refractivity contribution is 0.667. The monoisotopic (exact) mass is 684 g/mol. The van der Waals surface area contributed by atoms with Crippen molar-refractivity contribution in [2.24, 2.45) is 0 Å². The molecule has 0 atom stereocenters. The Hall–Kier alpha value is -6.23. The number of hydrogen-bond donors (Lipinski definition) is 0. The van der Waals surface area contributed by atoms with Gasteiger partial charge in [0.15, 0.2) is 0 Å². The fourth-order valence-corrected chi connectivity index (χ4v) is 9.67. The quantitative estimate of drug-likeness (QED) is 0.185. The van der Waals surface area contributed by atoms with E-state index < -0.39 is 0 Å². The molecule has 8 aromatic carbocycles. The molecule has 0 spiro atoms. The van der Waals surface area contributed by atoms with Crippen molar-refractivity contribution >= 4 is 82.1 Å². The minimum atomic E-state index is -0.179. The van der Waals surface area contributed by atoms with Crippen LogP contribution in [0, 0.1) is 0 Å². The molecule has 0 amide bonds. The first-order valence-corrected chi connectivity index (χ1v) is 18.6. The summed E-state index contributed by atoms with van der Waals surface area (Å²) in [6.07, 6.45) is 0. The summed E-state index contributed by atoms with van der Waals surface area (Å²) in [4.78, 5) is 7.39. The molecule has 52 heavy (non-hydrogen) atoms. The fraction of sp³-hybridized carbons (Fsp3) is 0.0625. The van der Waals surface area contributed by atoms with Crippen molar-refractivity contribution in [2.45, 2.75) is 19.3 Å². The Bertz CT molecular complexity index is 3050. The van der Waals surface area contributed by atoms with Crippen molar-refractivity contribution in [1.82, 2.24) is 4.98 Å². The first-order chi connectivity index (χ1) is 25.5. The van der Waals surface area contributed by atoms with Crippen LogP contribution in [0.3, 0.4) is 0 Å². The van der Waals surface area contributed by atoms with E-state index in [1.807, 2.05) is 12.1 Å². The summed E-state index contributed by atoms with van der Waals surface area (Å²) in [5.41, 5.74) is 12.6. The van der Waals surface area contributed by atoms with Crippen LogP contribution in [-0.2, 0) is 5.41 Å². The van der Waals surface area contributed by atoms with E-state index in [-0.39, 0.29) is 5.41 Å². The van der Waals surface area contributed by atoms with Gasteiger partial charge in [0.2, 0.25) is 0 Å². The zero-order chi connectivity index (χ0) is 34.6. The van der Waals surface area contributed by atoms with Gasteiger partial charge >= 0.3 is 0 Å². The molecule has 0 saturated carbocycles. The van der Waals surface area contributed by atoms with E-state index in [2.05, 4.69) is 164 Å². The van der Waals surface area contributed by atoms with Crippen molar-refractivity contribution < 1.29 is 4.42 Å². The molecule has 246 valence electrons. The number of thiazole rings is 1. The largest absolute Gasteiger partial charge is 0.456 e. The van der Waals surface area contributed by atoms with Crippen LogP contribution in [0.15, 0.2) is 162 Å². The predicted octanol–water partition coefficient (Wildman–Crippen LogP) is 13.9. The van der Waals surface area contributed by atoms with Crippen molar-refractivity contribution in [2.75, 3.05) is 4.90 Å². The average molecular weight is 685 g/mol. The highest BCUT2D eigenvalue weighted by atomic mass is 32.1. The van der Waals surface area contributed by atoms with E-state index in [0.29, 0.717) is 0 Å². The van der Waals surface area contributed by atoms with E-state index in [4.69, 9.17) is 9.40 Å². The molecular weight excluding hydrogens is 653 g/mol. The summed E-state index contributed by atoms with van der Waals surface area (Å²) in [7, 11) is 0. The molecule has 2 heterocycles. The van der Waals surface area contributed by atoms with E-state index in [9.17, 15) is 0 Å². The zero-order valence-corrected chi connectivity index (χ0v) is 29.5. The Morgan fingerprint density at radius 2 is 1.27 bits per heavy atom. The highest BCUT2D eigenvalue weighted by molar-refractivity contribution is 7.22. The molecule has 2 aromatic heterocycles. The fourth-order valence-electron chi connectivity index (χ4n) is 8.57. The number of aromatic nitrogens is 1. The third kappa shape index (κ3) is 4.28. The van der Waals surface area contributed by atoms with Crippen LogP contribution in [-0.4, -0.2) is 4.98 Å². The summed E-state index contributed by atoms with van der Waals surface area (Å²) >= 11 is 1.79. The normalized spacial score (nSPS) is 13.3. The van der Waals surface area contributed by atoms with Crippen molar-refractivity contribution in [1.29, 1.82) is 0 Å². The van der Waals surface area contributed by atoms with E-state index in [1.165, 1.54) is 48.5 Å². The third-order valence-corrected chi connectivity index (χ3v) is 12.2. The number of fused-ring (bicyclic) bond motifs is 11. The van der Waals surface area contributed by atoms with Gasteiger partial charge in [-0.1, -0.05) is 105 Å². The molecule has 1 aliphatic rings. The number of para-hydroxylation sites is 2. The van der Waals surface area contributed by atoms with Gasteiger partial charge in [-0.05, 0) is 105 Å². The molecule has 3 nitrogen and oxygen atoms in total. The second kappa shape index (κ2) is 10.9. The molecule has 0 fully saturated rings. The van der Waals surface area contributed by atoms with Crippen LogP contribution in [0.5, 0.6) is 0 Å². The molecule has 4 heteroatoms. The molecular formula is C48H32N2OS. The lowest BCUT2D eigenvalue weighted by Gasteiger charge is -2.26. The smallest absolute Gasteiger partial charge is 0.135 e. The van der Waals surface area contributed by atoms with E-state index in [1.54, 1.807) is 11.3 Å². The summed E-state index contributed by atoms with van der Waals surface area (Å²) in [6, 6.07) is 56.9. The molecule has 11 rings (SSSR count). The van der Waals surface area contributed by atoms with E-state index in [0.717, 1.165) is 55.1 Å². The summed E-state index contributed by atoms with van der Waals surface area (Å²) < 4.78 is 7.44. The maximum atomic E-state index is 6.19. The standard InChI is InChI=1S/C48H32N2OS/c1-48(2)41-27-31-25-33(50(32-13-7-4-8-14-32)34-19-24-44-40(28-34)35-15-9-10-16-43(35)51-44)18-17-30(31)26-39(41)37-20-21-38-36(45(37)48)22-23-42-46(38)52-47(49-42)29-11-5-3-6-12-29/h3-28H,1-2H3. The van der Waals surface area contributed by atoms with Gasteiger partial charge in [-0.15, -0.1) is 11.3 Å². The Morgan fingerprint density at radius 3 is 2.13 bits per heavy atom. The van der Waals surface area contributed by atoms with Gasteiger partial charge in [0.05, 0.1) is 10.2 Å². The number of anilines is 3. The van der Waals surface area contributed by atoms with Crippen LogP contribution < -0.4 is 4.90 Å². The highest BCUT2D eigenvalue weighted by Crippen LogP contribution is 2.53. The van der Waals surface area contributed by atoms with Gasteiger partial charge in [-0.3, -0.25) is 0 Å². The minimum absolute atomic E-state index is 0.179. The molecule has 0 bridgehead atoms. The Labute approximate surface area is 305 Å². The molecule has 10 aromatic rings. The first-order valence-electron chi connectivity index (χ1n) is 17.8. The Balaban J connectivity index is 1.05. The van der Waals surface area contributed by atoms with Crippen LogP contribution in [0.1, 0.15) is 25.0 Å². The van der Waals surface area contributed by atoms with Crippen LogP contribution in [0.25, 0.3) is 75.4 Å². The van der Waals surface area contributed by atoms with Gasteiger partial charge in [0, 0.05) is 44.2 Å². The molecule has 1 aliphatic carbocycles. The minimum Gasteiger partial charge on any atom is -0.456 e. The topological polar surface area (TPSA) is 29.3 Å². The zero-order valence-electron chi connectivity index (χ0n) is 28.7. The first kappa shape index (κ1) is 29.5. The summed E-state index contributed by atoms with van der Waals surface area (Å²) in [5, 5.41) is 8.38. The SMILES string of the molecule is CC1(C)c2cc3cc(N(c4ccccc4)c4ccc5oc6ccccc6c5c4)ccc3cc2-c2ccc3c(ccc4nc(-c5ccccc5)sc43)c21. The molecule has 0 saturated heterocycles. The second-order valence-corrected chi connectivity index (χ2v) is 15.4. The Kier molecular flexibility index (Phi) is 6.17. The number of benzene rings is 8. The van der Waals surface area contributed by atoms with Crippen LogP contribution in [0.2, 0.25) is 0 Å². The lowest BCUT2D eigenvalue weighted by Crippen LogP contribution is -2.15. The van der Waals surface area contributed by atoms with Crippen LogP contribution in [0.4, 0.5) is 17.1 Å². The summed E-state index contributed by atoms with van der Waals surface area (Å²) in [6.45, 7) is 4.78. The van der Waals surface area contributed by atoms with Crippen molar-refractivity contribution in [3.05, 3.63) is 169 Å². The van der Waals surface area contributed by atoms with Crippen molar-refractivity contribution in [3.8, 4) is 21.7 Å². The van der Waals surface area contributed by atoms with Gasteiger partial charge < -0.3 is 9.32 Å². The molecule has 0 unspecified atom stereocenters. The third-order valence-electron chi connectivity index (χ3n) is 11.0. The maximum Gasteiger partial charge on any atom is 0.135 e. The van der Waals surface area contributed by atoms with Gasteiger partial charge in [-0.25, -0.2) is 4.98 Å². The van der Waals surface area contributed by atoms with Crippen molar-refractivity contribution in [3.63, 3.8) is 0 Å². The highest BCUT2D eigenvalue weighted by Gasteiger charge is 2.37. The number of furan rings is 1. The average Bonchev–Trinajstić information content (AvgIpc) is 3.85. The second-order valence-electron chi connectivity index (χ2n) is 14.4. The molecule has 0 N–H and O–H groups in total. The van der Waals surface area contributed by atoms with Crippen LogP contribution >= 0.6 is 11.3 Å². The van der Waals surface area contributed by atoms with Gasteiger partial charge in [0.1, 0.15) is 16.2 Å². The van der Waals surface area contributed by atoms with Gasteiger partial charge in [0.25, 0.3) is 0 Å². The number of rotatable bonds is 4. The van der Waals surface area contributed by atoms with E-state index >= 15 is 0 Å². The number of hydrogen-bond acceptors (Lipinski definition) is 4. The molecule has 0 aliphatic heterocycles. The number of nitrogens with zero attached hydrogens (tertiary/aromatic N) is 2. The van der Waals surface area contributed by atoms with Gasteiger partial charge in [-0.2, -0.15) is 0 Å². The molecule has 0 radical (unpaired) electrons.